The first-order chi connectivity index (χ1) is 8.99. The third-order valence-corrected chi connectivity index (χ3v) is 3.31. The second-order valence-electron chi connectivity index (χ2n) is 4.73. The fourth-order valence-corrected chi connectivity index (χ4v) is 2.00. The zero-order valence-electron chi connectivity index (χ0n) is 11.4. The second kappa shape index (κ2) is 5.14. The number of nitrogens with two attached hydrogens (primary N) is 1. The van der Waals surface area contributed by atoms with E-state index in [1.165, 1.54) is 18.1 Å². The highest BCUT2D eigenvalue weighted by Crippen LogP contribution is 2.25. The van der Waals surface area contributed by atoms with Crippen LogP contribution in [0, 0.1) is 13.8 Å². The Hall–Kier alpha value is -2.29. The average Bonchev–Trinajstić information content (AvgIpc) is 2.34. The average molecular weight is 254 g/mol. The molecule has 0 spiro atoms. The molecule has 0 aliphatic rings. The zero-order valence-corrected chi connectivity index (χ0v) is 11.4. The first-order valence-corrected chi connectivity index (χ1v) is 6.22. The topological polar surface area (TPSA) is 55.1 Å². The molecule has 0 aliphatic carbocycles. The summed E-state index contributed by atoms with van der Waals surface area (Å²) >= 11 is 0. The first kappa shape index (κ1) is 13.1. The van der Waals surface area contributed by atoms with Gasteiger partial charge in [0.05, 0.1) is 0 Å². The molecule has 0 atom stereocenters. The summed E-state index contributed by atoms with van der Waals surface area (Å²) in [6.45, 7) is 5.67. The van der Waals surface area contributed by atoms with Crippen LogP contribution in [0.5, 0.6) is 0 Å². The van der Waals surface area contributed by atoms with E-state index in [1.807, 2.05) is 18.2 Å². The molecular weight excluding hydrogens is 236 g/mol. The number of nitrogen functional groups attached to an aromatic ring is 1. The first-order valence-electron chi connectivity index (χ1n) is 6.22. The highest BCUT2D eigenvalue weighted by molar-refractivity contribution is 5.99. The molecule has 0 radical (unpaired) electrons. The van der Waals surface area contributed by atoms with E-state index in [4.69, 9.17) is 5.73 Å². The SMILES string of the molecule is CC(=O)c1ccc(Nc2cccc(C)c2C)cc1N. The molecule has 3 N–H and O–H groups in total. The van der Waals surface area contributed by atoms with Gasteiger partial charge in [-0.15, -0.1) is 0 Å². The summed E-state index contributed by atoms with van der Waals surface area (Å²) in [6, 6.07) is 11.5. The van der Waals surface area contributed by atoms with E-state index in [2.05, 4.69) is 25.2 Å². The summed E-state index contributed by atoms with van der Waals surface area (Å²) in [5, 5.41) is 3.33. The molecule has 2 aromatic carbocycles. The number of rotatable bonds is 3. The van der Waals surface area contributed by atoms with Gasteiger partial charge in [-0.05, 0) is 56.2 Å². The summed E-state index contributed by atoms with van der Waals surface area (Å²) in [7, 11) is 0. The van der Waals surface area contributed by atoms with Gasteiger partial charge in [0.1, 0.15) is 0 Å². The van der Waals surface area contributed by atoms with Crippen LogP contribution in [0.4, 0.5) is 17.1 Å². The van der Waals surface area contributed by atoms with Gasteiger partial charge in [-0.2, -0.15) is 0 Å². The van der Waals surface area contributed by atoms with Gasteiger partial charge in [-0.3, -0.25) is 4.79 Å². The lowest BCUT2D eigenvalue weighted by Gasteiger charge is -2.12. The monoisotopic (exact) mass is 254 g/mol. The fraction of sp³-hybridized carbons (Fsp3) is 0.188. The molecule has 2 rings (SSSR count). The maximum absolute atomic E-state index is 11.3. The Kier molecular flexibility index (Phi) is 3.56. The smallest absolute Gasteiger partial charge is 0.161 e. The van der Waals surface area contributed by atoms with Gasteiger partial charge >= 0.3 is 0 Å². The number of hydrogen-bond donors (Lipinski definition) is 2. The molecule has 2 aromatic rings. The Morgan fingerprint density at radius 2 is 1.89 bits per heavy atom. The number of anilines is 3. The van der Waals surface area contributed by atoms with Crippen molar-refractivity contribution in [3.63, 3.8) is 0 Å². The number of nitrogens with one attached hydrogen (secondary N) is 1. The number of aryl methyl sites for hydroxylation is 1. The number of carbonyl (C=O) groups is 1. The highest BCUT2D eigenvalue weighted by Gasteiger charge is 2.06. The Morgan fingerprint density at radius 3 is 2.53 bits per heavy atom. The lowest BCUT2D eigenvalue weighted by molar-refractivity contribution is 0.101. The van der Waals surface area contributed by atoms with E-state index in [-0.39, 0.29) is 5.78 Å². The summed E-state index contributed by atoms with van der Waals surface area (Å²) in [4.78, 5) is 11.3. The molecular formula is C16H18N2O. The highest BCUT2D eigenvalue weighted by atomic mass is 16.1. The van der Waals surface area contributed by atoms with Crippen LogP contribution in [0.1, 0.15) is 28.4 Å². The molecule has 0 aromatic heterocycles. The van der Waals surface area contributed by atoms with Gasteiger partial charge in [0, 0.05) is 22.6 Å². The van der Waals surface area contributed by atoms with Gasteiger partial charge in [0.25, 0.3) is 0 Å². The minimum atomic E-state index is -0.0178. The molecule has 0 bridgehead atoms. The molecule has 0 fully saturated rings. The van der Waals surface area contributed by atoms with Gasteiger partial charge in [0.2, 0.25) is 0 Å². The molecule has 0 saturated heterocycles. The minimum absolute atomic E-state index is 0.0178. The zero-order chi connectivity index (χ0) is 14.0. The van der Waals surface area contributed by atoms with Crippen LogP contribution in [-0.2, 0) is 0 Å². The van der Waals surface area contributed by atoms with E-state index in [0.29, 0.717) is 11.3 Å². The lowest BCUT2D eigenvalue weighted by atomic mass is 10.1. The normalized spacial score (nSPS) is 10.3. The summed E-state index contributed by atoms with van der Waals surface area (Å²) in [6.07, 6.45) is 0. The summed E-state index contributed by atoms with van der Waals surface area (Å²) in [5.74, 6) is -0.0178. The van der Waals surface area contributed by atoms with Crippen molar-refractivity contribution < 1.29 is 4.79 Å². The molecule has 3 heteroatoms. The number of Topliss-reactive ketones (excluding diaryl/α,β-unsaturated/α-hetero) is 1. The Labute approximate surface area is 113 Å². The van der Waals surface area contributed by atoms with E-state index in [9.17, 15) is 4.79 Å². The maximum atomic E-state index is 11.3. The van der Waals surface area contributed by atoms with Crippen LogP contribution >= 0.6 is 0 Å². The molecule has 19 heavy (non-hydrogen) atoms. The molecule has 0 aliphatic heterocycles. The molecule has 0 saturated carbocycles. The molecule has 98 valence electrons. The van der Waals surface area contributed by atoms with Crippen molar-refractivity contribution in [2.24, 2.45) is 0 Å². The predicted octanol–water partition coefficient (Wildman–Crippen LogP) is 3.83. The largest absolute Gasteiger partial charge is 0.398 e. The molecule has 0 amide bonds. The molecule has 3 nitrogen and oxygen atoms in total. The van der Waals surface area contributed by atoms with Crippen molar-refractivity contribution in [2.45, 2.75) is 20.8 Å². The van der Waals surface area contributed by atoms with Crippen LogP contribution in [0.25, 0.3) is 0 Å². The van der Waals surface area contributed by atoms with Crippen LogP contribution in [0.2, 0.25) is 0 Å². The van der Waals surface area contributed by atoms with Crippen LogP contribution in [-0.4, -0.2) is 5.78 Å². The van der Waals surface area contributed by atoms with Gasteiger partial charge in [-0.1, -0.05) is 12.1 Å². The third-order valence-electron chi connectivity index (χ3n) is 3.31. The quantitative estimate of drug-likeness (QED) is 0.646. The van der Waals surface area contributed by atoms with Crippen molar-refractivity contribution in [3.05, 3.63) is 53.1 Å². The van der Waals surface area contributed by atoms with E-state index < -0.39 is 0 Å². The van der Waals surface area contributed by atoms with Crippen molar-refractivity contribution in [1.29, 1.82) is 0 Å². The van der Waals surface area contributed by atoms with Crippen molar-refractivity contribution >= 4 is 22.8 Å². The third kappa shape index (κ3) is 2.76. The van der Waals surface area contributed by atoms with E-state index >= 15 is 0 Å². The number of ketones is 1. The van der Waals surface area contributed by atoms with E-state index in [1.54, 1.807) is 12.1 Å². The number of hydrogen-bond acceptors (Lipinski definition) is 3. The molecule has 0 heterocycles. The van der Waals surface area contributed by atoms with Crippen LogP contribution in [0.3, 0.4) is 0 Å². The number of benzene rings is 2. The van der Waals surface area contributed by atoms with Crippen LogP contribution < -0.4 is 11.1 Å². The Bertz CT molecular complexity index is 633. The number of carbonyl (C=O) groups excluding carboxylic acids is 1. The second-order valence-corrected chi connectivity index (χ2v) is 4.73. The van der Waals surface area contributed by atoms with Crippen molar-refractivity contribution in [1.82, 2.24) is 0 Å². The standard InChI is InChI=1S/C16H18N2O/c1-10-5-4-6-16(11(10)2)18-13-7-8-14(12(3)19)15(17)9-13/h4-9,18H,17H2,1-3H3. The van der Waals surface area contributed by atoms with Gasteiger partial charge in [-0.25, -0.2) is 0 Å². The van der Waals surface area contributed by atoms with Crippen LogP contribution in [0.15, 0.2) is 36.4 Å². The van der Waals surface area contributed by atoms with E-state index in [0.717, 1.165) is 11.4 Å². The Morgan fingerprint density at radius 1 is 1.16 bits per heavy atom. The van der Waals surface area contributed by atoms with Gasteiger partial charge < -0.3 is 11.1 Å². The lowest BCUT2D eigenvalue weighted by Crippen LogP contribution is -2.01. The Balaban J connectivity index is 2.32. The summed E-state index contributed by atoms with van der Waals surface area (Å²) in [5.41, 5.74) is 11.3. The van der Waals surface area contributed by atoms with Crippen molar-refractivity contribution in [2.75, 3.05) is 11.1 Å². The maximum Gasteiger partial charge on any atom is 0.161 e. The predicted molar refractivity (Wildman–Crippen MR) is 80.1 cm³/mol. The fourth-order valence-electron chi connectivity index (χ4n) is 2.00. The minimum Gasteiger partial charge on any atom is -0.398 e. The summed E-state index contributed by atoms with van der Waals surface area (Å²) < 4.78 is 0. The molecule has 0 unspecified atom stereocenters. The van der Waals surface area contributed by atoms with Gasteiger partial charge in [0.15, 0.2) is 5.78 Å². The van der Waals surface area contributed by atoms with Crippen molar-refractivity contribution in [3.8, 4) is 0 Å².